The van der Waals surface area contributed by atoms with Gasteiger partial charge in [0.1, 0.15) is 5.78 Å². The molecule has 1 aromatic carbocycles. The molecular formula is C20H30O. The first-order chi connectivity index (χ1) is 10.2. The van der Waals surface area contributed by atoms with E-state index in [4.69, 9.17) is 0 Å². The predicted octanol–water partition coefficient (Wildman–Crippen LogP) is 5.53. The molecule has 1 aliphatic carbocycles. The average Bonchev–Trinajstić information content (AvgIpc) is 2.57. The molecule has 0 unspecified atom stereocenters. The van der Waals surface area contributed by atoms with Gasteiger partial charge in [-0.05, 0) is 50.0 Å². The number of ketones is 1. The van der Waals surface area contributed by atoms with Gasteiger partial charge in [0, 0.05) is 5.92 Å². The second-order valence-corrected chi connectivity index (χ2v) is 6.65. The Labute approximate surface area is 130 Å². The Balaban J connectivity index is 2.21. The van der Waals surface area contributed by atoms with Crippen molar-refractivity contribution < 1.29 is 4.79 Å². The van der Waals surface area contributed by atoms with Crippen LogP contribution in [0.1, 0.15) is 71.3 Å². The SMILES string of the molecule is CCC1CCC(C(=O)C(CC)(CC)c2ccccc2)CC1. The molecule has 1 aromatic rings. The summed E-state index contributed by atoms with van der Waals surface area (Å²) in [5, 5.41) is 0. The Kier molecular flexibility index (Phi) is 5.61. The van der Waals surface area contributed by atoms with E-state index in [0.29, 0.717) is 5.78 Å². The molecule has 116 valence electrons. The van der Waals surface area contributed by atoms with Gasteiger partial charge in [-0.15, -0.1) is 0 Å². The van der Waals surface area contributed by atoms with Crippen LogP contribution in [0.5, 0.6) is 0 Å². The number of rotatable bonds is 6. The lowest BCUT2D eigenvalue weighted by atomic mass is 9.65. The minimum atomic E-state index is -0.259. The Bertz CT molecular complexity index is 436. The van der Waals surface area contributed by atoms with Gasteiger partial charge < -0.3 is 0 Å². The van der Waals surface area contributed by atoms with E-state index < -0.39 is 0 Å². The summed E-state index contributed by atoms with van der Waals surface area (Å²) in [4.78, 5) is 13.3. The number of Topliss-reactive ketones (excluding diaryl/α,β-unsaturated/α-hetero) is 1. The summed E-state index contributed by atoms with van der Waals surface area (Å²) in [5.74, 6) is 1.64. The first-order valence-corrected chi connectivity index (χ1v) is 8.77. The summed E-state index contributed by atoms with van der Waals surface area (Å²) in [6.07, 6.45) is 7.79. The van der Waals surface area contributed by atoms with Crippen LogP contribution < -0.4 is 0 Å². The molecule has 0 radical (unpaired) electrons. The largest absolute Gasteiger partial charge is 0.298 e. The molecule has 1 heteroatoms. The minimum Gasteiger partial charge on any atom is -0.298 e. The smallest absolute Gasteiger partial charge is 0.146 e. The Morgan fingerprint density at radius 3 is 2.05 bits per heavy atom. The molecular weight excluding hydrogens is 256 g/mol. The normalized spacial score (nSPS) is 23.0. The van der Waals surface area contributed by atoms with Crippen LogP contribution in [-0.2, 0) is 10.2 Å². The van der Waals surface area contributed by atoms with Crippen molar-refractivity contribution >= 4 is 5.78 Å². The van der Waals surface area contributed by atoms with Gasteiger partial charge in [0.2, 0.25) is 0 Å². The summed E-state index contributed by atoms with van der Waals surface area (Å²) in [5.41, 5.74) is 0.961. The van der Waals surface area contributed by atoms with Crippen molar-refractivity contribution in [3.63, 3.8) is 0 Å². The van der Waals surface area contributed by atoms with Crippen molar-refractivity contribution in [1.29, 1.82) is 0 Å². The summed E-state index contributed by atoms with van der Waals surface area (Å²) in [7, 11) is 0. The van der Waals surface area contributed by atoms with Crippen molar-refractivity contribution in [2.45, 2.75) is 71.1 Å². The molecule has 0 N–H and O–H groups in total. The van der Waals surface area contributed by atoms with Gasteiger partial charge in [-0.1, -0.05) is 57.5 Å². The summed E-state index contributed by atoms with van der Waals surface area (Å²) >= 11 is 0. The Morgan fingerprint density at radius 2 is 1.57 bits per heavy atom. The van der Waals surface area contributed by atoms with Gasteiger partial charge in [0.05, 0.1) is 5.41 Å². The van der Waals surface area contributed by atoms with Crippen molar-refractivity contribution in [2.24, 2.45) is 11.8 Å². The number of hydrogen-bond acceptors (Lipinski definition) is 1. The molecule has 2 rings (SSSR count). The molecule has 0 saturated heterocycles. The summed E-state index contributed by atoms with van der Waals surface area (Å²) in [6, 6.07) is 10.5. The average molecular weight is 286 g/mol. The van der Waals surface area contributed by atoms with Crippen molar-refractivity contribution in [3.8, 4) is 0 Å². The highest BCUT2D eigenvalue weighted by molar-refractivity contribution is 5.92. The van der Waals surface area contributed by atoms with Crippen LogP contribution in [-0.4, -0.2) is 5.78 Å². The van der Waals surface area contributed by atoms with E-state index in [1.165, 1.54) is 24.8 Å². The van der Waals surface area contributed by atoms with E-state index in [0.717, 1.165) is 31.6 Å². The lowest BCUT2D eigenvalue weighted by Gasteiger charge is -2.37. The zero-order valence-electron chi connectivity index (χ0n) is 13.9. The quantitative estimate of drug-likeness (QED) is 0.672. The Hall–Kier alpha value is -1.11. The van der Waals surface area contributed by atoms with E-state index in [1.807, 2.05) is 6.07 Å². The lowest BCUT2D eigenvalue weighted by Crippen LogP contribution is -2.40. The molecule has 21 heavy (non-hydrogen) atoms. The van der Waals surface area contributed by atoms with Gasteiger partial charge in [-0.3, -0.25) is 4.79 Å². The highest BCUT2D eigenvalue weighted by Gasteiger charge is 2.41. The third-order valence-corrected chi connectivity index (χ3v) is 5.80. The van der Waals surface area contributed by atoms with E-state index >= 15 is 0 Å². The van der Waals surface area contributed by atoms with Crippen molar-refractivity contribution in [2.75, 3.05) is 0 Å². The van der Waals surface area contributed by atoms with Crippen LogP contribution in [0.25, 0.3) is 0 Å². The van der Waals surface area contributed by atoms with Crippen molar-refractivity contribution in [3.05, 3.63) is 35.9 Å². The van der Waals surface area contributed by atoms with Crippen molar-refractivity contribution in [1.82, 2.24) is 0 Å². The first kappa shape index (κ1) is 16.3. The molecule has 0 aliphatic heterocycles. The molecule has 0 atom stereocenters. The zero-order valence-corrected chi connectivity index (χ0v) is 13.9. The maximum Gasteiger partial charge on any atom is 0.146 e. The third kappa shape index (κ3) is 3.22. The fraction of sp³-hybridized carbons (Fsp3) is 0.650. The van der Waals surface area contributed by atoms with Crippen LogP contribution in [0.15, 0.2) is 30.3 Å². The first-order valence-electron chi connectivity index (χ1n) is 8.77. The standard InChI is InChI=1S/C20H30O/c1-4-16-12-14-17(15-13-16)19(21)20(5-2,6-3)18-10-8-7-9-11-18/h7-11,16-17H,4-6,12-15H2,1-3H3. The highest BCUT2D eigenvalue weighted by Crippen LogP contribution is 2.40. The monoisotopic (exact) mass is 286 g/mol. The number of hydrogen-bond donors (Lipinski definition) is 0. The van der Waals surface area contributed by atoms with Gasteiger partial charge >= 0.3 is 0 Å². The van der Waals surface area contributed by atoms with Crippen LogP contribution >= 0.6 is 0 Å². The second kappa shape index (κ2) is 7.24. The molecule has 1 fully saturated rings. The van der Waals surface area contributed by atoms with Gasteiger partial charge in [-0.25, -0.2) is 0 Å². The van der Waals surface area contributed by atoms with E-state index in [1.54, 1.807) is 0 Å². The molecule has 1 nitrogen and oxygen atoms in total. The minimum absolute atomic E-state index is 0.259. The second-order valence-electron chi connectivity index (χ2n) is 6.65. The third-order valence-electron chi connectivity index (χ3n) is 5.80. The Morgan fingerprint density at radius 1 is 1.00 bits per heavy atom. The fourth-order valence-corrected chi connectivity index (χ4v) is 4.13. The molecule has 0 spiro atoms. The van der Waals surface area contributed by atoms with Gasteiger partial charge in [-0.2, -0.15) is 0 Å². The fourth-order valence-electron chi connectivity index (χ4n) is 4.13. The predicted molar refractivity (Wildman–Crippen MR) is 89.4 cm³/mol. The molecule has 0 amide bonds. The molecule has 1 aliphatic rings. The molecule has 0 heterocycles. The maximum atomic E-state index is 13.3. The summed E-state index contributed by atoms with van der Waals surface area (Å²) in [6.45, 7) is 6.62. The number of carbonyl (C=O) groups excluding carboxylic acids is 1. The molecule has 1 saturated carbocycles. The van der Waals surface area contributed by atoms with E-state index in [2.05, 4.69) is 45.0 Å². The molecule has 0 bridgehead atoms. The number of carbonyl (C=O) groups is 1. The number of benzene rings is 1. The van der Waals surface area contributed by atoms with Crippen LogP contribution in [0.2, 0.25) is 0 Å². The van der Waals surface area contributed by atoms with Gasteiger partial charge in [0.15, 0.2) is 0 Å². The topological polar surface area (TPSA) is 17.1 Å². The van der Waals surface area contributed by atoms with E-state index in [9.17, 15) is 4.79 Å². The summed E-state index contributed by atoms with van der Waals surface area (Å²) < 4.78 is 0. The molecule has 0 aromatic heterocycles. The lowest BCUT2D eigenvalue weighted by molar-refractivity contribution is -0.130. The van der Waals surface area contributed by atoms with Crippen LogP contribution in [0, 0.1) is 11.8 Å². The van der Waals surface area contributed by atoms with E-state index in [-0.39, 0.29) is 11.3 Å². The maximum absolute atomic E-state index is 13.3. The van der Waals surface area contributed by atoms with Crippen LogP contribution in [0.4, 0.5) is 0 Å². The van der Waals surface area contributed by atoms with Gasteiger partial charge in [0.25, 0.3) is 0 Å². The van der Waals surface area contributed by atoms with Crippen LogP contribution in [0.3, 0.4) is 0 Å². The highest BCUT2D eigenvalue weighted by atomic mass is 16.1. The zero-order chi connectivity index (χ0) is 15.3.